The Morgan fingerprint density at radius 1 is 1.19 bits per heavy atom. The summed E-state index contributed by atoms with van der Waals surface area (Å²) in [5.74, 6) is 0.917. The number of carbonyl (C=O) groups excluding carboxylic acids is 1. The van der Waals surface area contributed by atoms with Crippen molar-refractivity contribution in [2.75, 3.05) is 18.1 Å². The second-order valence-electron chi connectivity index (χ2n) is 9.34. The Morgan fingerprint density at radius 3 is 2.81 bits per heavy atom. The van der Waals surface area contributed by atoms with Gasteiger partial charge in [-0.1, -0.05) is 6.58 Å². The lowest BCUT2D eigenvalue weighted by atomic mass is 10.0. The number of aromatic nitrogens is 5. The Morgan fingerprint density at radius 2 is 2.03 bits per heavy atom. The summed E-state index contributed by atoms with van der Waals surface area (Å²) in [4.78, 5) is 26.6. The van der Waals surface area contributed by atoms with Gasteiger partial charge in [-0.2, -0.15) is 10.2 Å². The highest BCUT2D eigenvalue weighted by atomic mass is 16.2. The number of nitrogens with two attached hydrogens (primary N) is 1. The minimum Gasteiger partial charge on any atom is -0.383 e. The lowest BCUT2D eigenvalue weighted by Gasteiger charge is -2.22. The van der Waals surface area contributed by atoms with E-state index in [0.717, 1.165) is 51.0 Å². The molecule has 1 aliphatic carbocycles. The summed E-state index contributed by atoms with van der Waals surface area (Å²) < 4.78 is 1.75. The van der Waals surface area contributed by atoms with Crippen LogP contribution in [-0.2, 0) is 11.8 Å². The van der Waals surface area contributed by atoms with E-state index in [9.17, 15) is 4.79 Å². The van der Waals surface area contributed by atoms with Crippen molar-refractivity contribution < 1.29 is 4.79 Å². The number of rotatable bonds is 4. The number of fused-ring (bicyclic) bond motifs is 2. The zero-order chi connectivity index (χ0) is 25.1. The number of hydrogen-bond acceptors (Lipinski definition) is 8. The van der Waals surface area contributed by atoms with Crippen LogP contribution < -0.4 is 11.1 Å². The van der Waals surface area contributed by atoms with E-state index in [4.69, 9.17) is 10.7 Å². The lowest BCUT2D eigenvalue weighted by molar-refractivity contribution is -0.117. The summed E-state index contributed by atoms with van der Waals surface area (Å²) in [6, 6.07) is 5.77. The van der Waals surface area contributed by atoms with Gasteiger partial charge in [-0.05, 0) is 48.4 Å². The quantitative estimate of drug-likeness (QED) is 0.460. The number of nitrogens with zero attached hydrogens (tertiary/aromatic N) is 7. The predicted octanol–water partition coefficient (Wildman–Crippen LogP) is 3.31. The maximum absolute atomic E-state index is 12.8. The van der Waals surface area contributed by atoms with E-state index in [1.807, 2.05) is 51.6 Å². The Kier molecular flexibility index (Phi) is 4.85. The zero-order valence-corrected chi connectivity index (χ0v) is 20.2. The molecule has 0 bridgehead atoms. The Labute approximate surface area is 207 Å². The monoisotopic (exact) mass is 479 g/mol. The SMILES string of the molecule is C=C1c2nc(C)c(-c3cc4cc(NC(=O)[C@H]5C[C@@H]5c5cnn(C)c5)ncc4c(N)n3)cc2C=NN1C. The first-order valence-electron chi connectivity index (χ1n) is 11.6. The molecule has 10 nitrogen and oxygen atoms in total. The van der Waals surface area contributed by atoms with Gasteiger partial charge in [0.05, 0.1) is 29.5 Å². The number of nitrogens with one attached hydrogen (secondary N) is 1. The van der Waals surface area contributed by atoms with Crippen LogP contribution >= 0.6 is 0 Å². The van der Waals surface area contributed by atoms with E-state index in [1.54, 1.807) is 22.1 Å². The van der Waals surface area contributed by atoms with Gasteiger partial charge in [-0.3, -0.25) is 19.5 Å². The molecule has 3 N–H and O–H groups in total. The average molecular weight is 480 g/mol. The maximum atomic E-state index is 12.8. The van der Waals surface area contributed by atoms with Crippen molar-refractivity contribution in [1.29, 1.82) is 0 Å². The Bertz CT molecular complexity index is 1600. The van der Waals surface area contributed by atoms with Gasteiger partial charge < -0.3 is 11.1 Å². The third kappa shape index (κ3) is 3.67. The summed E-state index contributed by atoms with van der Waals surface area (Å²) in [6.45, 7) is 6.01. The third-order valence-electron chi connectivity index (χ3n) is 6.83. The van der Waals surface area contributed by atoms with Crippen LogP contribution in [0.4, 0.5) is 11.6 Å². The van der Waals surface area contributed by atoms with Crippen molar-refractivity contribution in [3.63, 3.8) is 0 Å². The minimum atomic E-state index is -0.0792. The first-order chi connectivity index (χ1) is 17.3. The largest absolute Gasteiger partial charge is 0.383 e. The molecule has 0 unspecified atom stereocenters. The average Bonchev–Trinajstić information content (AvgIpc) is 3.54. The number of aryl methyl sites for hydroxylation is 2. The highest BCUT2D eigenvalue weighted by molar-refractivity contribution is 5.99. The number of hydrazone groups is 1. The molecule has 4 aromatic heterocycles. The molecule has 1 fully saturated rings. The van der Waals surface area contributed by atoms with Gasteiger partial charge in [-0.25, -0.2) is 9.97 Å². The minimum absolute atomic E-state index is 0.0443. The van der Waals surface area contributed by atoms with Gasteiger partial charge in [0, 0.05) is 54.6 Å². The number of hydrogen-bond donors (Lipinski definition) is 2. The number of anilines is 2. The van der Waals surface area contributed by atoms with Crippen LogP contribution in [0.15, 0.2) is 48.5 Å². The zero-order valence-electron chi connectivity index (χ0n) is 20.2. The summed E-state index contributed by atoms with van der Waals surface area (Å²) in [6.07, 6.45) is 8.00. The number of pyridine rings is 3. The number of carbonyl (C=O) groups is 1. The maximum Gasteiger partial charge on any atom is 0.229 e. The van der Waals surface area contributed by atoms with Crippen LogP contribution in [0.3, 0.4) is 0 Å². The van der Waals surface area contributed by atoms with Gasteiger partial charge in [0.2, 0.25) is 5.91 Å². The molecule has 6 rings (SSSR count). The fourth-order valence-corrected chi connectivity index (χ4v) is 4.67. The number of nitrogen functional groups attached to an aromatic ring is 1. The highest BCUT2D eigenvalue weighted by Gasteiger charge is 2.44. The Hall–Kier alpha value is -4.60. The molecule has 0 spiro atoms. The molecule has 4 aromatic rings. The fourth-order valence-electron chi connectivity index (χ4n) is 4.67. The molecule has 36 heavy (non-hydrogen) atoms. The van der Waals surface area contributed by atoms with Gasteiger partial charge in [0.25, 0.3) is 0 Å². The molecule has 5 heterocycles. The predicted molar refractivity (Wildman–Crippen MR) is 139 cm³/mol. The first-order valence-corrected chi connectivity index (χ1v) is 11.6. The lowest BCUT2D eigenvalue weighted by Crippen LogP contribution is -2.17. The molecule has 0 saturated heterocycles. The third-order valence-corrected chi connectivity index (χ3v) is 6.83. The smallest absolute Gasteiger partial charge is 0.229 e. The topological polar surface area (TPSA) is 127 Å². The molecule has 1 amide bonds. The van der Waals surface area contributed by atoms with Crippen LogP contribution in [-0.4, -0.2) is 48.9 Å². The van der Waals surface area contributed by atoms with Crippen LogP contribution in [0.5, 0.6) is 0 Å². The van der Waals surface area contributed by atoms with Crippen molar-refractivity contribution >= 4 is 40.2 Å². The summed E-state index contributed by atoms with van der Waals surface area (Å²) >= 11 is 0. The van der Waals surface area contributed by atoms with Gasteiger partial charge >= 0.3 is 0 Å². The summed E-state index contributed by atoms with van der Waals surface area (Å²) in [7, 11) is 3.71. The molecule has 0 aromatic carbocycles. The standard InChI is InChI=1S/C26H25N9O/c1-13-18(5-16-9-30-35(4)14(2)24(16)31-13)22-6-15-7-23(28-11-21(15)25(27)32-22)33-26(36)20-8-19(20)17-10-29-34(3)12-17/h5-7,9-12,19-20H,2,8H2,1,3-4H3,(H2,27,32)(H,28,33,36)/t19-,20+/m1/s1. The van der Waals surface area contributed by atoms with E-state index in [0.29, 0.717) is 17.3 Å². The Balaban J connectivity index is 1.30. The molecule has 1 aliphatic heterocycles. The molecule has 1 saturated carbocycles. The van der Waals surface area contributed by atoms with Crippen molar-refractivity contribution in [2.24, 2.45) is 18.1 Å². The summed E-state index contributed by atoms with van der Waals surface area (Å²) in [5, 5.41) is 14.8. The first kappa shape index (κ1) is 21.9. The van der Waals surface area contributed by atoms with E-state index in [1.165, 1.54) is 0 Å². The summed E-state index contributed by atoms with van der Waals surface area (Å²) in [5.41, 5.74) is 12.1. The van der Waals surface area contributed by atoms with Crippen LogP contribution in [0.2, 0.25) is 0 Å². The van der Waals surface area contributed by atoms with E-state index in [-0.39, 0.29) is 17.7 Å². The van der Waals surface area contributed by atoms with Gasteiger partial charge in [-0.15, -0.1) is 0 Å². The van der Waals surface area contributed by atoms with E-state index in [2.05, 4.69) is 32.1 Å². The normalized spacial score (nSPS) is 18.4. The second kappa shape index (κ2) is 7.98. The van der Waals surface area contributed by atoms with Crippen molar-refractivity contribution in [2.45, 2.75) is 19.3 Å². The second-order valence-corrected chi connectivity index (χ2v) is 9.34. The number of amides is 1. The molecule has 10 heteroatoms. The van der Waals surface area contributed by atoms with E-state index < -0.39 is 0 Å². The van der Waals surface area contributed by atoms with Crippen molar-refractivity contribution in [1.82, 2.24) is 29.7 Å². The molecular formula is C26H25N9O. The highest BCUT2D eigenvalue weighted by Crippen LogP contribution is 2.47. The fraction of sp³-hybridized carbons (Fsp3) is 0.231. The molecule has 2 atom stereocenters. The van der Waals surface area contributed by atoms with Crippen LogP contribution in [0, 0.1) is 12.8 Å². The van der Waals surface area contributed by atoms with Crippen LogP contribution in [0.25, 0.3) is 27.7 Å². The van der Waals surface area contributed by atoms with Gasteiger partial charge in [0.15, 0.2) is 0 Å². The molecule has 180 valence electrons. The van der Waals surface area contributed by atoms with Crippen molar-refractivity contribution in [3.05, 3.63) is 65.9 Å². The van der Waals surface area contributed by atoms with Crippen molar-refractivity contribution in [3.8, 4) is 11.3 Å². The van der Waals surface area contributed by atoms with Gasteiger partial charge in [0.1, 0.15) is 11.6 Å². The van der Waals surface area contributed by atoms with E-state index >= 15 is 0 Å². The van der Waals surface area contributed by atoms with Crippen LogP contribution in [0.1, 0.15) is 34.9 Å². The molecular weight excluding hydrogens is 454 g/mol. The molecule has 2 aliphatic rings. The molecule has 0 radical (unpaired) electrons.